The van der Waals surface area contributed by atoms with E-state index in [1.807, 2.05) is 24.3 Å². The van der Waals surface area contributed by atoms with Crippen LogP contribution in [0.4, 0.5) is 5.69 Å². The van der Waals surface area contributed by atoms with Crippen LogP contribution in [0.15, 0.2) is 59.1 Å². The summed E-state index contributed by atoms with van der Waals surface area (Å²) < 4.78 is 10.6. The van der Waals surface area contributed by atoms with E-state index in [-0.39, 0.29) is 11.6 Å². The van der Waals surface area contributed by atoms with E-state index in [1.54, 1.807) is 30.2 Å². The van der Waals surface area contributed by atoms with Gasteiger partial charge in [-0.05, 0) is 48.0 Å². The molecule has 0 unspecified atom stereocenters. The summed E-state index contributed by atoms with van der Waals surface area (Å²) in [7, 11) is 1.62. The zero-order valence-electron chi connectivity index (χ0n) is 18.1. The van der Waals surface area contributed by atoms with Crippen molar-refractivity contribution in [3.05, 3.63) is 76.2 Å². The van der Waals surface area contributed by atoms with Crippen molar-refractivity contribution in [2.24, 2.45) is 0 Å². The molecule has 0 radical (unpaired) electrons. The van der Waals surface area contributed by atoms with E-state index in [9.17, 15) is 14.9 Å². The molecule has 2 aromatic carbocycles. The lowest BCUT2D eigenvalue weighted by Crippen LogP contribution is -2.47. The van der Waals surface area contributed by atoms with Gasteiger partial charge in [0.05, 0.1) is 18.6 Å². The minimum absolute atomic E-state index is 0.0203. The maximum absolute atomic E-state index is 12.5. The fourth-order valence-electron chi connectivity index (χ4n) is 3.47. The van der Waals surface area contributed by atoms with E-state index in [0.717, 1.165) is 16.9 Å². The summed E-state index contributed by atoms with van der Waals surface area (Å²) in [6.45, 7) is 3.07. The fourth-order valence-corrected chi connectivity index (χ4v) is 3.47. The smallest absolute Gasteiger partial charge is 0.269 e. The molecule has 3 aromatic rings. The van der Waals surface area contributed by atoms with Crippen LogP contribution in [0.5, 0.6) is 5.75 Å². The van der Waals surface area contributed by atoms with Gasteiger partial charge in [0, 0.05) is 50.0 Å². The van der Waals surface area contributed by atoms with E-state index in [1.165, 1.54) is 18.2 Å². The SMILES string of the molecule is COc1ccc(-c2noc(CN3CCN(C(=O)/C=C/c4ccc([N+](=O)[O-])cc4)CC3)n2)cc1. The Balaban J connectivity index is 1.27. The van der Waals surface area contributed by atoms with Crippen molar-refractivity contribution in [2.75, 3.05) is 33.3 Å². The lowest BCUT2D eigenvalue weighted by atomic mass is 10.2. The number of methoxy groups -OCH3 is 1. The Labute approximate surface area is 190 Å². The number of nitro benzene ring substituents is 1. The molecule has 0 spiro atoms. The van der Waals surface area contributed by atoms with Crippen molar-refractivity contribution in [2.45, 2.75) is 6.54 Å². The number of benzene rings is 2. The van der Waals surface area contributed by atoms with Crippen molar-refractivity contribution in [1.29, 1.82) is 0 Å². The number of aromatic nitrogens is 2. The largest absolute Gasteiger partial charge is 0.497 e. The summed E-state index contributed by atoms with van der Waals surface area (Å²) in [5.41, 5.74) is 1.60. The van der Waals surface area contributed by atoms with E-state index >= 15 is 0 Å². The van der Waals surface area contributed by atoms with Crippen molar-refractivity contribution < 1.29 is 19.0 Å². The number of nitrogens with zero attached hydrogens (tertiary/aromatic N) is 5. The van der Waals surface area contributed by atoms with Gasteiger partial charge in [0.1, 0.15) is 5.75 Å². The maximum Gasteiger partial charge on any atom is 0.269 e. The summed E-state index contributed by atoms with van der Waals surface area (Å²) in [4.78, 5) is 31.2. The normalized spacial score (nSPS) is 14.5. The van der Waals surface area contributed by atoms with Crippen LogP contribution in [-0.2, 0) is 11.3 Å². The van der Waals surface area contributed by atoms with Crippen molar-refractivity contribution in [3.63, 3.8) is 0 Å². The van der Waals surface area contributed by atoms with E-state index in [4.69, 9.17) is 9.26 Å². The molecule has 1 saturated heterocycles. The Morgan fingerprint density at radius 2 is 1.82 bits per heavy atom. The average molecular weight is 449 g/mol. The zero-order valence-corrected chi connectivity index (χ0v) is 18.1. The molecule has 4 rings (SSSR count). The lowest BCUT2D eigenvalue weighted by Gasteiger charge is -2.33. The van der Waals surface area contributed by atoms with Gasteiger partial charge < -0.3 is 14.2 Å². The number of ether oxygens (including phenoxy) is 1. The van der Waals surface area contributed by atoms with Crippen LogP contribution in [0.25, 0.3) is 17.5 Å². The van der Waals surface area contributed by atoms with E-state index in [0.29, 0.717) is 44.4 Å². The quantitative estimate of drug-likeness (QED) is 0.307. The number of piperazine rings is 1. The standard InChI is InChI=1S/C23H23N5O5/c1-32-20-9-5-18(6-10-20)23-24-21(33-25-23)16-26-12-14-27(15-13-26)22(29)11-4-17-2-7-19(8-3-17)28(30)31/h2-11H,12-16H2,1H3/b11-4+. The molecule has 0 bridgehead atoms. The molecule has 0 saturated carbocycles. The first-order chi connectivity index (χ1) is 16.0. The van der Waals surface area contributed by atoms with Gasteiger partial charge in [-0.1, -0.05) is 5.16 Å². The molecule has 1 aliphatic rings. The molecule has 10 heteroatoms. The molecule has 10 nitrogen and oxygen atoms in total. The number of carbonyl (C=O) groups excluding carboxylic acids is 1. The minimum atomic E-state index is -0.452. The maximum atomic E-state index is 12.5. The fraction of sp³-hybridized carbons (Fsp3) is 0.261. The monoisotopic (exact) mass is 449 g/mol. The Bertz CT molecular complexity index is 1130. The van der Waals surface area contributed by atoms with Crippen LogP contribution in [0, 0.1) is 10.1 Å². The predicted octanol–water partition coefficient (Wildman–Crippen LogP) is 3.01. The van der Waals surface area contributed by atoms with Gasteiger partial charge in [-0.3, -0.25) is 19.8 Å². The van der Waals surface area contributed by atoms with Crippen LogP contribution < -0.4 is 4.74 Å². The first kappa shape index (κ1) is 22.2. The Morgan fingerprint density at radius 1 is 1.12 bits per heavy atom. The van der Waals surface area contributed by atoms with Crippen LogP contribution in [0.1, 0.15) is 11.5 Å². The number of rotatable bonds is 7. The number of non-ortho nitro benzene ring substituents is 1. The third-order valence-corrected chi connectivity index (χ3v) is 5.38. The molecule has 1 aromatic heterocycles. The molecular formula is C23H23N5O5. The molecule has 0 aliphatic carbocycles. The summed E-state index contributed by atoms with van der Waals surface area (Å²) in [5, 5.41) is 14.8. The van der Waals surface area contributed by atoms with Gasteiger partial charge in [0.15, 0.2) is 0 Å². The topological polar surface area (TPSA) is 115 Å². The molecule has 2 heterocycles. The Hall–Kier alpha value is -4.05. The highest BCUT2D eigenvalue weighted by Crippen LogP contribution is 2.20. The van der Waals surface area contributed by atoms with Gasteiger partial charge in [-0.2, -0.15) is 4.98 Å². The number of amides is 1. The van der Waals surface area contributed by atoms with Crippen LogP contribution in [0.2, 0.25) is 0 Å². The summed E-state index contributed by atoms with van der Waals surface area (Å²) >= 11 is 0. The number of hydrogen-bond donors (Lipinski definition) is 0. The second kappa shape index (κ2) is 10.0. The number of hydrogen-bond acceptors (Lipinski definition) is 8. The number of carbonyl (C=O) groups is 1. The van der Waals surface area contributed by atoms with E-state index in [2.05, 4.69) is 15.0 Å². The van der Waals surface area contributed by atoms with Crippen LogP contribution in [0.3, 0.4) is 0 Å². The molecule has 170 valence electrons. The molecule has 33 heavy (non-hydrogen) atoms. The second-order valence-corrected chi connectivity index (χ2v) is 7.52. The summed E-state index contributed by atoms with van der Waals surface area (Å²) in [6.07, 6.45) is 3.16. The van der Waals surface area contributed by atoms with Crippen LogP contribution in [-0.4, -0.2) is 64.1 Å². The lowest BCUT2D eigenvalue weighted by molar-refractivity contribution is -0.384. The highest BCUT2D eigenvalue weighted by Gasteiger charge is 2.21. The average Bonchev–Trinajstić information content (AvgIpc) is 3.31. The van der Waals surface area contributed by atoms with Crippen molar-refractivity contribution in [1.82, 2.24) is 19.9 Å². The Kier molecular flexibility index (Phi) is 6.75. The first-order valence-corrected chi connectivity index (χ1v) is 10.4. The molecule has 0 atom stereocenters. The summed E-state index contributed by atoms with van der Waals surface area (Å²) in [6, 6.07) is 13.5. The highest BCUT2D eigenvalue weighted by atomic mass is 16.6. The van der Waals surface area contributed by atoms with E-state index < -0.39 is 4.92 Å². The molecule has 1 aliphatic heterocycles. The molecule has 1 amide bonds. The molecule has 0 N–H and O–H groups in total. The highest BCUT2D eigenvalue weighted by molar-refractivity contribution is 5.91. The van der Waals surface area contributed by atoms with Gasteiger partial charge in [-0.25, -0.2) is 0 Å². The Morgan fingerprint density at radius 3 is 2.45 bits per heavy atom. The molecule has 1 fully saturated rings. The first-order valence-electron chi connectivity index (χ1n) is 10.4. The second-order valence-electron chi connectivity index (χ2n) is 7.52. The van der Waals surface area contributed by atoms with Crippen molar-refractivity contribution in [3.8, 4) is 17.1 Å². The zero-order chi connectivity index (χ0) is 23.2. The van der Waals surface area contributed by atoms with Gasteiger partial charge in [-0.15, -0.1) is 0 Å². The van der Waals surface area contributed by atoms with Crippen LogP contribution >= 0.6 is 0 Å². The third-order valence-electron chi connectivity index (χ3n) is 5.38. The van der Waals surface area contributed by atoms with Crippen molar-refractivity contribution >= 4 is 17.7 Å². The summed E-state index contributed by atoms with van der Waals surface area (Å²) in [5.74, 6) is 1.72. The minimum Gasteiger partial charge on any atom is -0.497 e. The van der Waals surface area contributed by atoms with Gasteiger partial charge >= 0.3 is 0 Å². The third kappa shape index (κ3) is 5.60. The number of nitro groups is 1. The molecular weight excluding hydrogens is 426 g/mol. The predicted molar refractivity (Wildman–Crippen MR) is 120 cm³/mol. The van der Waals surface area contributed by atoms with Gasteiger partial charge in [0.2, 0.25) is 17.6 Å². The van der Waals surface area contributed by atoms with Gasteiger partial charge in [0.25, 0.3) is 5.69 Å².